The van der Waals surface area contributed by atoms with Crippen LogP contribution in [0.4, 0.5) is 0 Å². The zero-order chi connectivity index (χ0) is 29.3. The molecule has 1 rings (SSSR count). The molecule has 1 fully saturated rings. The highest BCUT2D eigenvalue weighted by Gasteiger charge is 2.47. The van der Waals surface area contributed by atoms with E-state index in [0.717, 1.165) is 4.90 Å². The van der Waals surface area contributed by atoms with E-state index in [2.05, 4.69) is 0 Å². The summed E-state index contributed by atoms with van der Waals surface area (Å²) in [6.45, 7) is 4.37. The molecule has 0 radical (unpaired) electrons. The Kier molecular flexibility index (Phi) is 12.2. The topological polar surface area (TPSA) is 206 Å². The third kappa shape index (κ3) is 11.9. The Balaban J connectivity index is 2.87. The number of hydrogen-bond donors (Lipinski definition) is 4. The highest BCUT2D eigenvalue weighted by atomic mass is 16.7. The van der Waals surface area contributed by atoms with Crippen molar-refractivity contribution in [3.63, 3.8) is 0 Å². The van der Waals surface area contributed by atoms with Gasteiger partial charge in [-0.25, -0.2) is 4.79 Å². The number of Topliss-reactive ketones (excluding diaryl/α,β-unsaturated/α-hetero) is 1. The molecule has 1 aliphatic rings. The van der Waals surface area contributed by atoms with E-state index in [4.69, 9.17) is 15.1 Å². The number of hydrogen-bond acceptors (Lipinski definition) is 11. The van der Waals surface area contributed by atoms with Crippen molar-refractivity contribution in [2.75, 3.05) is 58.9 Å². The van der Waals surface area contributed by atoms with Crippen LogP contribution in [-0.2, 0) is 33.6 Å². The van der Waals surface area contributed by atoms with Crippen LogP contribution in [-0.4, -0.2) is 146 Å². The Morgan fingerprint density at radius 2 is 0.974 bits per heavy atom. The Bertz CT molecular complexity index is 870. The van der Waals surface area contributed by atoms with Gasteiger partial charge in [-0.05, 0) is 27.7 Å². The lowest BCUT2D eigenvalue weighted by atomic mass is 9.81. The van der Waals surface area contributed by atoms with Crippen molar-refractivity contribution in [3.8, 4) is 0 Å². The predicted molar refractivity (Wildman–Crippen MR) is 130 cm³/mol. The molecule has 4 N–H and O–H groups in total. The van der Waals surface area contributed by atoms with Crippen molar-refractivity contribution in [1.82, 2.24) is 19.8 Å². The first-order chi connectivity index (χ1) is 17.4. The quantitative estimate of drug-likeness (QED) is 0.171. The fraction of sp³-hybridized carbons (Fsp3) is 0.739. The summed E-state index contributed by atoms with van der Waals surface area (Å²) in [5.41, 5.74) is -1.55. The number of piperidine rings is 1. The first kappa shape index (κ1) is 32.9. The molecule has 0 aliphatic carbocycles. The number of aliphatic carboxylic acids is 4. The molecule has 0 atom stereocenters. The van der Waals surface area contributed by atoms with Gasteiger partial charge in [0.25, 0.3) is 0 Å². The van der Waals surface area contributed by atoms with Gasteiger partial charge >= 0.3 is 29.8 Å². The van der Waals surface area contributed by atoms with Gasteiger partial charge in [0.05, 0.1) is 43.8 Å². The molecule has 1 aliphatic heterocycles. The maximum atomic E-state index is 12.8. The highest BCUT2D eigenvalue weighted by molar-refractivity contribution is 5.82. The first-order valence-corrected chi connectivity index (χ1v) is 12.0. The fourth-order valence-corrected chi connectivity index (χ4v) is 4.58. The Hall–Kier alpha value is -3.14. The molecule has 1 saturated heterocycles. The maximum absolute atomic E-state index is 12.8. The molecule has 0 aromatic carbocycles. The van der Waals surface area contributed by atoms with Crippen LogP contribution in [0.5, 0.6) is 0 Å². The molecule has 0 saturated carbocycles. The second-order valence-corrected chi connectivity index (χ2v) is 10.5. The van der Waals surface area contributed by atoms with Crippen LogP contribution in [0.25, 0.3) is 0 Å². The van der Waals surface area contributed by atoms with Gasteiger partial charge in [0.1, 0.15) is 5.78 Å². The summed E-state index contributed by atoms with van der Waals surface area (Å²) in [5.74, 6) is -5.62. The molecule has 15 nitrogen and oxygen atoms in total. The second-order valence-electron chi connectivity index (χ2n) is 10.5. The van der Waals surface area contributed by atoms with Gasteiger partial charge in [-0.1, -0.05) is 0 Å². The van der Waals surface area contributed by atoms with Crippen molar-refractivity contribution in [3.05, 3.63) is 0 Å². The molecule has 0 spiro atoms. The molecular formula is C23H38N4O11. The molecule has 0 bridgehead atoms. The van der Waals surface area contributed by atoms with Crippen LogP contribution >= 0.6 is 0 Å². The third-order valence-electron chi connectivity index (χ3n) is 5.81. The average Bonchev–Trinajstić information content (AvgIpc) is 2.70. The summed E-state index contributed by atoms with van der Waals surface area (Å²) in [7, 11) is 0. The fourth-order valence-electron chi connectivity index (χ4n) is 4.58. The summed E-state index contributed by atoms with van der Waals surface area (Å²) in [5, 5.41) is 38.0. The van der Waals surface area contributed by atoms with E-state index in [-0.39, 0.29) is 44.8 Å². The molecular weight excluding hydrogens is 508 g/mol. The molecule has 0 amide bonds. The van der Waals surface area contributed by atoms with E-state index in [1.807, 2.05) is 0 Å². The lowest BCUT2D eigenvalue weighted by Crippen LogP contribution is -2.61. The van der Waals surface area contributed by atoms with Crippen LogP contribution in [0.15, 0.2) is 0 Å². The SMILES string of the molecule is CC1(C)CC(=O)CC(C)(C)N1OC(=O)CN(CCN(CCN(CC(=O)O)CC(=O)O)CC(=O)O)CC(=O)O. The van der Waals surface area contributed by atoms with Crippen molar-refractivity contribution >= 4 is 35.6 Å². The minimum absolute atomic E-state index is 0.00392. The minimum atomic E-state index is -1.24. The number of ketones is 1. The summed E-state index contributed by atoms with van der Waals surface area (Å²) < 4.78 is 0. The number of rotatable bonds is 17. The minimum Gasteiger partial charge on any atom is -0.480 e. The monoisotopic (exact) mass is 546 g/mol. The largest absolute Gasteiger partial charge is 0.480 e. The molecule has 38 heavy (non-hydrogen) atoms. The number of carbonyl (C=O) groups is 6. The molecule has 0 unspecified atom stereocenters. The third-order valence-corrected chi connectivity index (χ3v) is 5.81. The van der Waals surface area contributed by atoms with E-state index < -0.39 is 73.6 Å². The molecule has 0 aromatic rings. The summed E-state index contributed by atoms with van der Waals surface area (Å²) in [6.07, 6.45) is 0.348. The zero-order valence-electron chi connectivity index (χ0n) is 22.2. The van der Waals surface area contributed by atoms with Crippen molar-refractivity contribution < 1.29 is 54.0 Å². The van der Waals surface area contributed by atoms with E-state index in [1.165, 1.54) is 14.9 Å². The molecule has 1 heterocycles. The van der Waals surface area contributed by atoms with Crippen LogP contribution < -0.4 is 0 Å². The van der Waals surface area contributed by atoms with Gasteiger partial charge in [-0.2, -0.15) is 0 Å². The van der Waals surface area contributed by atoms with E-state index in [9.17, 15) is 39.0 Å². The van der Waals surface area contributed by atoms with Gasteiger partial charge in [0.2, 0.25) is 0 Å². The Morgan fingerprint density at radius 3 is 1.34 bits per heavy atom. The zero-order valence-corrected chi connectivity index (χ0v) is 22.2. The smallest absolute Gasteiger partial charge is 0.339 e. The molecule has 0 aromatic heterocycles. The van der Waals surface area contributed by atoms with Crippen LogP contribution in [0.2, 0.25) is 0 Å². The van der Waals surface area contributed by atoms with Crippen molar-refractivity contribution in [2.24, 2.45) is 0 Å². The van der Waals surface area contributed by atoms with Crippen molar-refractivity contribution in [2.45, 2.75) is 51.6 Å². The molecule has 15 heteroatoms. The molecule has 216 valence electrons. The Labute approximate surface area is 220 Å². The number of carbonyl (C=O) groups excluding carboxylic acids is 2. The number of nitrogens with zero attached hydrogens (tertiary/aromatic N) is 4. The highest BCUT2D eigenvalue weighted by Crippen LogP contribution is 2.36. The number of hydroxylamine groups is 2. The average molecular weight is 547 g/mol. The summed E-state index contributed by atoms with van der Waals surface area (Å²) in [4.78, 5) is 79.0. The van der Waals surface area contributed by atoms with E-state index >= 15 is 0 Å². The van der Waals surface area contributed by atoms with Gasteiger partial charge in [0.15, 0.2) is 0 Å². The maximum Gasteiger partial charge on any atom is 0.339 e. The van der Waals surface area contributed by atoms with Gasteiger partial charge < -0.3 is 25.3 Å². The van der Waals surface area contributed by atoms with Crippen LogP contribution in [0, 0.1) is 0 Å². The standard InChI is InChI=1S/C23H38N4O11/c1-22(2)9-16(28)10-23(3,4)27(22)38-21(37)15-26(14-20(35)36)8-6-24(11-17(29)30)5-7-25(12-18(31)32)13-19(33)34/h5-15H2,1-4H3,(H,29,30)(H,31,32)(H,33,34)(H,35,36). The number of carboxylic acid groups (broad SMARTS) is 4. The van der Waals surface area contributed by atoms with E-state index in [0.29, 0.717) is 0 Å². The lowest BCUT2D eigenvalue weighted by Gasteiger charge is -2.49. The Morgan fingerprint density at radius 1 is 0.658 bits per heavy atom. The normalized spacial score (nSPS) is 17.1. The van der Waals surface area contributed by atoms with Crippen molar-refractivity contribution in [1.29, 1.82) is 0 Å². The summed E-state index contributed by atoms with van der Waals surface area (Å²) in [6, 6.07) is 0. The van der Waals surface area contributed by atoms with Gasteiger partial charge in [0, 0.05) is 39.0 Å². The van der Waals surface area contributed by atoms with Gasteiger partial charge in [-0.3, -0.25) is 38.7 Å². The lowest BCUT2D eigenvalue weighted by molar-refractivity contribution is -0.261. The van der Waals surface area contributed by atoms with E-state index in [1.54, 1.807) is 27.7 Å². The van der Waals surface area contributed by atoms with Gasteiger partial charge in [-0.15, -0.1) is 5.06 Å². The second kappa shape index (κ2) is 14.1. The number of carboxylic acids is 4. The first-order valence-electron chi connectivity index (χ1n) is 12.0. The van der Waals surface area contributed by atoms with Crippen LogP contribution in [0.3, 0.4) is 0 Å². The van der Waals surface area contributed by atoms with Crippen LogP contribution in [0.1, 0.15) is 40.5 Å². The summed E-state index contributed by atoms with van der Waals surface area (Å²) >= 11 is 0. The predicted octanol–water partition coefficient (Wildman–Crippen LogP) is -1.09.